The maximum atomic E-state index is 10.0. The first-order chi connectivity index (χ1) is 11.6. The van der Waals surface area contributed by atoms with Gasteiger partial charge in [0.25, 0.3) is 0 Å². The number of ether oxygens (including phenoxy) is 1. The van der Waals surface area contributed by atoms with E-state index < -0.39 is 0 Å². The minimum absolute atomic E-state index is 0.166. The van der Waals surface area contributed by atoms with Gasteiger partial charge in [0.15, 0.2) is 0 Å². The van der Waals surface area contributed by atoms with Crippen molar-refractivity contribution in [1.82, 2.24) is 0 Å². The number of methoxy groups -OCH3 is 1. The molecule has 0 heterocycles. The maximum absolute atomic E-state index is 10.0. The summed E-state index contributed by atoms with van der Waals surface area (Å²) in [6, 6.07) is 12.4. The summed E-state index contributed by atoms with van der Waals surface area (Å²) >= 11 is 0. The van der Waals surface area contributed by atoms with Crippen LogP contribution in [0.15, 0.2) is 36.4 Å². The third-order valence-electron chi connectivity index (χ3n) is 7.06. The Kier molecular flexibility index (Phi) is 3.07. The molecule has 2 unspecified atom stereocenters. The third kappa shape index (κ3) is 2.19. The van der Waals surface area contributed by atoms with Crippen molar-refractivity contribution in [2.24, 2.45) is 17.3 Å². The second-order valence-corrected chi connectivity index (χ2v) is 8.86. The molecule has 24 heavy (non-hydrogen) atoms. The van der Waals surface area contributed by atoms with E-state index in [9.17, 15) is 5.11 Å². The lowest BCUT2D eigenvalue weighted by molar-refractivity contribution is -0.179. The molecule has 1 N–H and O–H groups in total. The second kappa shape index (κ2) is 4.98. The highest BCUT2D eigenvalue weighted by Gasteiger charge is 2.57. The highest BCUT2D eigenvalue weighted by atomic mass is 16.5. The zero-order valence-electron chi connectivity index (χ0n) is 14.4. The average molecular weight is 322 g/mol. The van der Waals surface area contributed by atoms with Crippen molar-refractivity contribution in [3.8, 4) is 5.75 Å². The first-order valence-electron chi connectivity index (χ1n) is 9.35. The molecule has 0 aromatic heterocycles. The van der Waals surface area contributed by atoms with Crippen molar-refractivity contribution in [2.45, 2.75) is 50.5 Å². The Hall–Kier alpha value is -1.54. The fraction of sp³-hybridized carbons (Fsp3) is 0.545. The SMILES string of the molecule is COC12CC3CC(CC(Cc4ccc5c(O)cccc5c4)(C3)C1)C2. The van der Waals surface area contributed by atoms with Crippen LogP contribution in [-0.2, 0) is 11.2 Å². The summed E-state index contributed by atoms with van der Waals surface area (Å²) in [6.45, 7) is 0. The van der Waals surface area contributed by atoms with Crippen LogP contribution in [0.25, 0.3) is 10.8 Å². The number of hydrogen-bond donors (Lipinski definition) is 1. The number of rotatable bonds is 3. The van der Waals surface area contributed by atoms with Gasteiger partial charge < -0.3 is 9.84 Å². The molecular weight excluding hydrogens is 296 g/mol. The lowest BCUT2D eigenvalue weighted by Gasteiger charge is -2.61. The Morgan fingerprint density at radius 1 is 1.08 bits per heavy atom. The van der Waals surface area contributed by atoms with Crippen LogP contribution in [0, 0.1) is 17.3 Å². The molecule has 0 radical (unpaired) electrons. The van der Waals surface area contributed by atoms with Gasteiger partial charge in [-0.1, -0.05) is 30.3 Å². The van der Waals surface area contributed by atoms with Crippen LogP contribution in [-0.4, -0.2) is 17.8 Å². The number of fused-ring (bicyclic) bond motifs is 1. The molecule has 2 atom stereocenters. The van der Waals surface area contributed by atoms with Crippen LogP contribution in [0.2, 0.25) is 0 Å². The summed E-state index contributed by atoms with van der Waals surface area (Å²) in [5.74, 6) is 2.12. The van der Waals surface area contributed by atoms with Crippen LogP contribution in [0.3, 0.4) is 0 Å². The molecule has 2 aromatic carbocycles. The first kappa shape index (κ1) is 14.8. The van der Waals surface area contributed by atoms with Crippen molar-refractivity contribution in [3.05, 3.63) is 42.0 Å². The van der Waals surface area contributed by atoms with Gasteiger partial charge in [0.05, 0.1) is 5.60 Å². The Balaban J connectivity index is 1.49. The molecule has 0 saturated heterocycles. The quantitative estimate of drug-likeness (QED) is 0.854. The monoisotopic (exact) mass is 322 g/mol. The topological polar surface area (TPSA) is 29.5 Å². The van der Waals surface area contributed by atoms with Crippen molar-refractivity contribution in [3.63, 3.8) is 0 Å². The van der Waals surface area contributed by atoms with E-state index in [-0.39, 0.29) is 5.60 Å². The average Bonchev–Trinajstić information content (AvgIpc) is 2.53. The molecule has 4 saturated carbocycles. The van der Waals surface area contributed by atoms with Gasteiger partial charge in [-0.25, -0.2) is 0 Å². The number of aromatic hydroxyl groups is 1. The first-order valence-corrected chi connectivity index (χ1v) is 9.35. The summed E-state index contributed by atoms with van der Waals surface area (Å²) in [6.07, 6.45) is 9.16. The van der Waals surface area contributed by atoms with Crippen molar-refractivity contribution in [2.75, 3.05) is 7.11 Å². The maximum Gasteiger partial charge on any atom is 0.123 e. The molecule has 2 aromatic rings. The standard InChI is InChI=1S/C22H26O2/c1-24-22-12-16-7-17(13-22)11-21(10-16,14-22)9-15-5-6-19-18(8-15)3-2-4-20(19)23/h2-6,8,16-17,23H,7,9-14H2,1H3. The third-order valence-corrected chi connectivity index (χ3v) is 7.06. The summed E-state index contributed by atoms with van der Waals surface area (Å²) in [5, 5.41) is 12.1. The van der Waals surface area contributed by atoms with E-state index in [0.717, 1.165) is 29.0 Å². The fourth-order valence-corrected chi connectivity index (χ4v) is 6.67. The molecule has 4 aliphatic rings. The Morgan fingerprint density at radius 3 is 2.62 bits per heavy atom. The molecule has 4 fully saturated rings. The smallest absolute Gasteiger partial charge is 0.123 e. The van der Waals surface area contributed by atoms with E-state index in [1.54, 1.807) is 6.07 Å². The van der Waals surface area contributed by atoms with Gasteiger partial charge in [-0.05, 0) is 79.2 Å². The molecule has 0 aliphatic heterocycles. The fourth-order valence-electron chi connectivity index (χ4n) is 6.67. The van der Waals surface area contributed by atoms with Gasteiger partial charge >= 0.3 is 0 Å². The summed E-state index contributed by atoms with van der Waals surface area (Å²) in [4.78, 5) is 0. The lowest BCUT2D eigenvalue weighted by Crippen LogP contribution is -2.57. The van der Waals surface area contributed by atoms with Crippen LogP contribution in [0.4, 0.5) is 0 Å². The van der Waals surface area contributed by atoms with Gasteiger partial charge in [0.2, 0.25) is 0 Å². The van der Waals surface area contributed by atoms with E-state index in [1.807, 2.05) is 13.2 Å². The molecule has 6 rings (SSSR count). The van der Waals surface area contributed by atoms with Gasteiger partial charge in [0.1, 0.15) is 5.75 Å². The molecule has 126 valence electrons. The summed E-state index contributed by atoms with van der Waals surface area (Å²) in [5.41, 5.74) is 2.02. The van der Waals surface area contributed by atoms with Gasteiger partial charge in [-0.3, -0.25) is 0 Å². The van der Waals surface area contributed by atoms with E-state index in [1.165, 1.54) is 44.1 Å². The van der Waals surface area contributed by atoms with Crippen molar-refractivity contribution in [1.29, 1.82) is 0 Å². The Bertz CT molecular complexity index is 780. The molecule has 2 nitrogen and oxygen atoms in total. The van der Waals surface area contributed by atoms with E-state index in [2.05, 4.69) is 24.3 Å². The lowest BCUT2D eigenvalue weighted by atomic mass is 9.47. The number of phenolic OH excluding ortho intramolecular Hbond substituents is 1. The number of hydrogen-bond acceptors (Lipinski definition) is 2. The molecule has 4 bridgehead atoms. The molecule has 4 aliphatic carbocycles. The van der Waals surface area contributed by atoms with E-state index >= 15 is 0 Å². The molecule has 0 spiro atoms. The van der Waals surface area contributed by atoms with Crippen LogP contribution in [0.5, 0.6) is 5.75 Å². The van der Waals surface area contributed by atoms with Crippen molar-refractivity contribution < 1.29 is 9.84 Å². The summed E-state index contributed by atoms with van der Waals surface area (Å²) < 4.78 is 6.07. The summed E-state index contributed by atoms with van der Waals surface area (Å²) in [7, 11) is 1.93. The number of benzene rings is 2. The zero-order chi connectivity index (χ0) is 16.4. The Labute approximate surface area is 143 Å². The number of phenols is 1. The van der Waals surface area contributed by atoms with Crippen LogP contribution in [0.1, 0.15) is 44.1 Å². The minimum atomic E-state index is 0.166. The van der Waals surface area contributed by atoms with Crippen LogP contribution < -0.4 is 0 Å². The van der Waals surface area contributed by atoms with Crippen molar-refractivity contribution >= 4 is 10.8 Å². The van der Waals surface area contributed by atoms with Gasteiger partial charge in [-0.15, -0.1) is 0 Å². The van der Waals surface area contributed by atoms with E-state index in [0.29, 0.717) is 11.2 Å². The van der Waals surface area contributed by atoms with Gasteiger partial charge in [0, 0.05) is 12.5 Å². The predicted molar refractivity (Wildman–Crippen MR) is 96.2 cm³/mol. The minimum Gasteiger partial charge on any atom is -0.507 e. The zero-order valence-corrected chi connectivity index (χ0v) is 14.4. The second-order valence-electron chi connectivity index (χ2n) is 8.86. The molecular formula is C22H26O2. The Morgan fingerprint density at radius 2 is 1.88 bits per heavy atom. The van der Waals surface area contributed by atoms with E-state index in [4.69, 9.17) is 4.74 Å². The van der Waals surface area contributed by atoms with Gasteiger partial charge in [-0.2, -0.15) is 0 Å². The molecule has 0 amide bonds. The highest BCUT2D eigenvalue weighted by molar-refractivity contribution is 5.88. The highest BCUT2D eigenvalue weighted by Crippen LogP contribution is 2.63. The predicted octanol–water partition coefficient (Wildman–Crippen LogP) is 5.07. The van der Waals surface area contributed by atoms with Crippen LogP contribution >= 0.6 is 0 Å². The molecule has 2 heteroatoms. The largest absolute Gasteiger partial charge is 0.507 e. The normalized spacial score (nSPS) is 37.2.